The van der Waals surface area contributed by atoms with Gasteiger partial charge in [0, 0.05) is 35.7 Å². The highest BCUT2D eigenvalue weighted by Gasteiger charge is 2.40. The standard InChI is InChI=1S/C28H26FN3O2S/c1-17-8-9-18(2)23(14-17)32-24(33)16-35-28-25(21-6-4-5-7-22(21)31(28)3)26(32)27(34)30-15-19-10-12-20(29)13-11-19/h4-14,26H,15-16H2,1-3H3,(H,30,34)/t26-/m0/s1. The first-order valence-corrected chi connectivity index (χ1v) is 12.5. The third-order valence-corrected chi connectivity index (χ3v) is 7.63. The Balaban J connectivity index is 1.66. The number of para-hydroxylation sites is 1. The third-order valence-electron chi connectivity index (χ3n) is 6.48. The monoisotopic (exact) mass is 487 g/mol. The van der Waals surface area contributed by atoms with Crippen molar-refractivity contribution in [3.8, 4) is 0 Å². The maximum absolute atomic E-state index is 13.9. The van der Waals surface area contributed by atoms with Gasteiger partial charge in [-0.3, -0.25) is 14.5 Å². The van der Waals surface area contributed by atoms with Crippen molar-refractivity contribution >= 4 is 40.2 Å². The molecule has 0 saturated heterocycles. The molecule has 1 N–H and O–H groups in total. The normalized spacial score (nSPS) is 15.7. The predicted molar refractivity (Wildman–Crippen MR) is 138 cm³/mol. The van der Waals surface area contributed by atoms with Gasteiger partial charge in [0.15, 0.2) is 0 Å². The molecule has 178 valence electrons. The van der Waals surface area contributed by atoms with Crippen LogP contribution in [0.25, 0.3) is 10.9 Å². The van der Waals surface area contributed by atoms with Gasteiger partial charge in [0.1, 0.15) is 11.9 Å². The Bertz CT molecular complexity index is 1440. The third kappa shape index (κ3) is 4.21. The average molecular weight is 488 g/mol. The number of fused-ring (bicyclic) bond motifs is 3. The summed E-state index contributed by atoms with van der Waals surface area (Å²) in [5, 5.41) is 4.87. The first kappa shape index (κ1) is 23.2. The van der Waals surface area contributed by atoms with Gasteiger partial charge in [-0.25, -0.2) is 4.39 Å². The van der Waals surface area contributed by atoms with E-state index in [9.17, 15) is 14.0 Å². The smallest absolute Gasteiger partial charge is 0.248 e. The summed E-state index contributed by atoms with van der Waals surface area (Å²) in [7, 11) is 1.97. The van der Waals surface area contributed by atoms with E-state index in [1.807, 2.05) is 63.4 Å². The van der Waals surface area contributed by atoms with Crippen molar-refractivity contribution in [3.63, 3.8) is 0 Å². The van der Waals surface area contributed by atoms with Gasteiger partial charge < -0.3 is 9.88 Å². The Morgan fingerprint density at radius 3 is 2.60 bits per heavy atom. The minimum absolute atomic E-state index is 0.120. The molecule has 1 aromatic heterocycles. The van der Waals surface area contributed by atoms with Crippen molar-refractivity contribution in [1.29, 1.82) is 0 Å². The van der Waals surface area contributed by atoms with Gasteiger partial charge in [0.2, 0.25) is 11.8 Å². The van der Waals surface area contributed by atoms with E-state index < -0.39 is 6.04 Å². The zero-order valence-corrected chi connectivity index (χ0v) is 20.7. The lowest BCUT2D eigenvalue weighted by Crippen LogP contribution is -2.44. The highest BCUT2D eigenvalue weighted by molar-refractivity contribution is 8.00. The fraction of sp³-hybridized carbons (Fsp3) is 0.214. The van der Waals surface area contributed by atoms with Gasteiger partial charge in [-0.15, -0.1) is 0 Å². The Hall–Kier alpha value is -3.58. The minimum Gasteiger partial charge on any atom is -0.350 e. The van der Waals surface area contributed by atoms with Crippen molar-refractivity contribution < 1.29 is 14.0 Å². The number of hydrogen-bond donors (Lipinski definition) is 1. The van der Waals surface area contributed by atoms with Gasteiger partial charge in [0.25, 0.3) is 0 Å². The SMILES string of the molecule is Cc1ccc(C)c(N2C(=O)CSc3c(c4ccccc4n3C)[C@H]2C(=O)NCc2ccc(F)cc2)c1. The summed E-state index contributed by atoms with van der Waals surface area (Å²) in [5.41, 5.74) is 5.30. The molecule has 0 saturated carbocycles. The van der Waals surface area contributed by atoms with E-state index in [2.05, 4.69) is 9.88 Å². The number of nitrogens with zero attached hydrogens (tertiary/aromatic N) is 2. The van der Waals surface area contributed by atoms with Crippen LogP contribution in [0.15, 0.2) is 71.8 Å². The quantitative estimate of drug-likeness (QED) is 0.418. The zero-order valence-electron chi connectivity index (χ0n) is 19.8. The van der Waals surface area contributed by atoms with E-state index in [1.165, 1.54) is 23.9 Å². The number of aryl methyl sites for hydroxylation is 3. The van der Waals surface area contributed by atoms with Crippen LogP contribution in [0, 0.1) is 19.7 Å². The molecular formula is C28H26FN3O2S. The molecule has 0 fully saturated rings. The molecule has 0 unspecified atom stereocenters. The highest BCUT2D eigenvalue weighted by atomic mass is 32.2. The first-order valence-electron chi connectivity index (χ1n) is 11.5. The summed E-state index contributed by atoms with van der Waals surface area (Å²) in [4.78, 5) is 29.2. The average Bonchev–Trinajstić information content (AvgIpc) is 3.03. The maximum Gasteiger partial charge on any atom is 0.248 e. The molecule has 0 bridgehead atoms. The molecule has 1 atom stereocenters. The Labute approximate surface area is 207 Å². The molecule has 0 radical (unpaired) electrons. The molecule has 1 aliphatic rings. The number of aromatic nitrogens is 1. The number of benzene rings is 3. The van der Waals surface area contributed by atoms with E-state index in [-0.39, 0.29) is 29.9 Å². The summed E-state index contributed by atoms with van der Waals surface area (Å²) in [6.45, 7) is 4.17. The number of hydrogen-bond acceptors (Lipinski definition) is 3. The van der Waals surface area contributed by atoms with E-state index in [0.717, 1.165) is 43.9 Å². The van der Waals surface area contributed by atoms with Crippen LogP contribution in [-0.4, -0.2) is 22.1 Å². The lowest BCUT2D eigenvalue weighted by atomic mass is 10.00. The molecule has 3 aromatic carbocycles. The van der Waals surface area contributed by atoms with Crippen LogP contribution in [-0.2, 0) is 23.2 Å². The zero-order chi connectivity index (χ0) is 24.7. The molecule has 2 heterocycles. The molecule has 1 aliphatic heterocycles. The number of anilines is 1. The summed E-state index contributed by atoms with van der Waals surface area (Å²) in [6, 6.07) is 19.1. The van der Waals surface area contributed by atoms with Crippen LogP contribution < -0.4 is 10.2 Å². The molecular weight excluding hydrogens is 461 g/mol. The fourth-order valence-electron chi connectivity index (χ4n) is 4.70. The summed E-state index contributed by atoms with van der Waals surface area (Å²) in [5.74, 6) is -0.491. The van der Waals surface area contributed by atoms with E-state index >= 15 is 0 Å². The van der Waals surface area contributed by atoms with Crippen molar-refractivity contribution in [1.82, 2.24) is 9.88 Å². The van der Waals surface area contributed by atoms with Gasteiger partial charge in [0.05, 0.1) is 10.8 Å². The maximum atomic E-state index is 13.9. The van der Waals surface area contributed by atoms with E-state index in [1.54, 1.807) is 17.0 Å². The summed E-state index contributed by atoms with van der Waals surface area (Å²) >= 11 is 1.47. The molecule has 0 spiro atoms. The highest BCUT2D eigenvalue weighted by Crippen LogP contribution is 2.44. The van der Waals surface area contributed by atoms with Crippen LogP contribution in [0.4, 0.5) is 10.1 Å². The van der Waals surface area contributed by atoms with Crippen molar-refractivity contribution in [2.45, 2.75) is 31.5 Å². The molecule has 35 heavy (non-hydrogen) atoms. The molecule has 2 amide bonds. The van der Waals surface area contributed by atoms with Crippen LogP contribution in [0.1, 0.15) is 28.3 Å². The lowest BCUT2D eigenvalue weighted by molar-refractivity contribution is -0.125. The second-order valence-electron chi connectivity index (χ2n) is 8.88. The molecule has 5 nitrogen and oxygen atoms in total. The van der Waals surface area contributed by atoms with Crippen LogP contribution in [0.3, 0.4) is 0 Å². The number of halogens is 1. The Kier molecular flexibility index (Phi) is 6.11. The van der Waals surface area contributed by atoms with Crippen LogP contribution in [0.5, 0.6) is 0 Å². The number of carbonyl (C=O) groups is 2. The topological polar surface area (TPSA) is 54.3 Å². The molecule has 5 rings (SSSR count). The number of amides is 2. The van der Waals surface area contributed by atoms with E-state index in [0.29, 0.717) is 0 Å². The van der Waals surface area contributed by atoms with Gasteiger partial charge in [-0.05, 0) is 54.8 Å². The van der Waals surface area contributed by atoms with Gasteiger partial charge in [-0.1, -0.05) is 54.2 Å². The second kappa shape index (κ2) is 9.23. The van der Waals surface area contributed by atoms with Crippen LogP contribution in [0.2, 0.25) is 0 Å². The molecule has 0 aliphatic carbocycles. The van der Waals surface area contributed by atoms with Gasteiger partial charge in [-0.2, -0.15) is 0 Å². The van der Waals surface area contributed by atoms with Crippen molar-refractivity contribution in [2.24, 2.45) is 7.05 Å². The predicted octanol–water partition coefficient (Wildman–Crippen LogP) is 5.43. The minimum atomic E-state index is -0.848. The fourth-order valence-corrected chi connectivity index (χ4v) is 5.77. The summed E-state index contributed by atoms with van der Waals surface area (Å²) < 4.78 is 15.4. The number of nitrogens with one attached hydrogen (secondary N) is 1. The van der Waals surface area contributed by atoms with Crippen LogP contribution >= 0.6 is 11.8 Å². The number of thioether (sulfide) groups is 1. The Morgan fingerprint density at radius 1 is 1.09 bits per heavy atom. The largest absolute Gasteiger partial charge is 0.350 e. The number of carbonyl (C=O) groups excluding carboxylic acids is 2. The van der Waals surface area contributed by atoms with Crippen molar-refractivity contribution in [3.05, 3.63) is 94.8 Å². The van der Waals surface area contributed by atoms with Gasteiger partial charge >= 0.3 is 0 Å². The first-order chi connectivity index (χ1) is 16.8. The number of rotatable bonds is 4. The summed E-state index contributed by atoms with van der Waals surface area (Å²) in [6.07, 6.45) is 0. The lowest BCUT2D eigenvalue weighted by Gasteiger charge is -2.31. The Morgan fingerprint density at radius 2 is 1.83 bits per heavy atom. The van der Waals surface area contributed by atoms with E-state index in [4.69, 9.17) is 0 Å². The second-order valence-corrected chi connectivity index (χ2v) is 9.85. The molecule has 4 aromatic rings. The van der Waals surface area contributed by atoms with Crippen molar-refractivity contribution in [2.75, 3.05) is 10.7 Å². The molecule has 7 heteroatoms.